The van der Waals surface area contributed by atoms with Crippen molar-refractivity contribution >= 4 is 28.5 Å². The number of aromatic nitrogens is 3. The topological polar surface area (TPSA) is 100 Å². The monoisotopic (exact) mass is 501 g/mol. The van der Waals surface area contributed by atoms with Gasteiger partial charge in [-0.2, -0.15) is 0 Å². The standard InChI is InChI=1S/C29H35N5O3/c35-28-27(32-25-18-30-15-14-23(25)29(36)37)31-24-10-6-7-11-26(24)34(28)22-16-20-12-13-21(17-22)33(20)19-8-4-2-1-3-5-9-19/h6-7,10-11,14-15,18-22H,1-5,8-9,12-13,16-17H2,(H,31,32)(H,36,37). The predicted molar refractivity (Wildman–Crippen MR) is 144 cm³/mol. The van der Waals surface area contributed by atoms with E-state index < -0.39 is 5.97 Å². The summed E-state index contributed by atoms with van der Waals surface area (Å²) in [4.78, 5) is 37.2. The summed E-state index contributed by atoms with van der Waals surface area (Å²) >= 11 is 0. The Morgan fingerprint density at radius 3 is 2.32 bits per heavy atom. The van der Waals surface area contributed by atoms with E-state index in [9.17, 15) is 14.7 Å². The quantitative estimate of drug-likeness (QED) is 0.475. The van der Waals surface area contributed by atoms with Crippen LogP contribution >= 0.6 is 0 Å². The summed E-state index contributed by atoms with van der Waals surface area (Å²) in [5.41, 5.74) is 1.68. The first-order valence-corrected chi connectivity index (χ1v) is 13.8. The molecular formula is C29H35N5O3. The highest BCUT2D eigenvalue weighted by molar-refractivity contribution is 5.94. The Morgan fingerprint density at radius 1 is 0.892 bits per heavy atom. The number of fused-ring (bicyclic) bond motifs is 3. The van der Waals surface area contributed by atoms with Crippen molar-refractivity contribution in [1.29, 1.82) is 0 Å². The fourth-order valence-electron chi connectivity index (χ4n) is 7.13. The summed E-state index contributed by atoms with van der Waals surface area (Å²) in [5, 5.41) is 12.6. The average Bonchev–Trinajstić information content (AvgIpc) is 3.13. The van der Waals surface area contributed by atoms with Gasteiger partial charge in [0.1, 0.15) is 0 Å². The van der Waals surface area contributed by atoms with Crippen molar-refractivity contribution in [3.05, 3.63) is 58.6 Å². The van der Waals surface area contributed by atoms with Gasteiger partial charge in [-0.05, 0) is 56.7 Å². The normalized spacial score (nSPS) is 25.0. The molecule has 3 aromatic rings. The SMILES string of the molecule is O=C(O)c1ccncc1Nc1nc2ccccc2n(C2CC3CCC(C2)N3C2CCCCCCC2)c1=O. The van der Waals surface area contributed by atoms with Crippen LogP contribution in [0.1, 0.15) is 87.0 Å². The van der Waals surface area contributed by atoms with Crippen LogP contribution in [-0.2, 0) is 0 Å². The molecule has 3 fully saturated rings. The van der Waals surface area contributed by atoms with Crippen molar-refractivity contribution in [3.63, 3.8) is 0 Å². The molecule has 0 spiro atoms. The molecule has 8 heteroatoms. The van der Waals surface area contributed by atoms with Gasteiger partial charge >= 0.3 is 5.97 Å². The first-order valence-electron chi connectivity index (χ1n) is 13.8. The zero-order valence-corrected chi connectivity index (χ0v) is 21.2. The number of rotatable bonds is 5. The molecule has 2 atom stereocenters. The number of piperidine rings is 1. The molecule has 8 nitrogen and oxygen atoms in total. The summed E-state index contributed by atoms with van der Waals surface area (Å²) in [6.07, 6.45) is 16.6. The molecule has 37 heavy (non-hydrogen) atoms. The molecule has 2 saturated heterocycles. The van der Waals surface area contributed by atoms with Crippen LogP contribution in [0.15, 0.2) is 47.5 Å². The van der Waals surface area contributed by atoms with E-state index in [0.717, 1.165) is 23.9 Å². The third kappa shape index (κ3) is 4.63. The molecule has 2 unspecified atom stereocenters. The number of anilines is 2. The van der Waals surface area contributed by atoms with Crippen LogP contribution < -0.4 is 10.9 Å². The maximum absolute atomic E-state index is 13.9. The number of pyridine rings is 1. The number of carbonyl (C=O) groups is 1. The van der Waals surface area contributed by atoms with Gasteiger partial charge in [0.2, 0.25) is 0 Å². The van der Waals surface area contributed by atoms with E-state index in [-0.39, 0.29) is 28.7 Å². The molecule has 1 aliphatic carbocycles. The number of carboxylic acids is 1. The lowest BCUT2D eigenvalue weighted by Gasteiger charge is -2.45. The zero-order chi connectivity index (χ0) is 25.4. The number of hydrogen-bond acceptors (Lipinski definition) is 6. The van der Waals surface area contributed by atoms with Gasteiger partial charge in [-0.25, -0.2) is 9.78 Å². The van der Waals surface area contributed by atoms with E-state index in [0.29, 0.717) is 18.1 Å². The molecule has 3 aliphatic rings. The highest BCUT2D eigenvalue weighted by Crippen LogP contribution is 2.44. The van der Waals surface area contributed by atoms with Gasteiger partial charge in [-0.15, -0.1) is 0 Å². The molecule has 0 amide bonds. The average molecular weight is 502 g/mol. The first-order chi connectivity index (χ1) is 18.1. The third-order valence-electron chi connectivity index (χ3n) is 8.73. The van der Waals surface area contributed by atoms with Crippen LogP contribution in [-0.4, -0.2) is 48.6 Å². The highest BCUT2D eigenvalue weighted by Gasteiger charge is 2.44. The number of hydrogen-bond donors (Lipinski definition) is 2. The Labute approximate surface area is 216 Å². The Hall–Kier alpha value is -3.26. The van der Waals surface area contributed by atoms with Crippen LogP contribution in [0.5, 0.6) is 0 Å². The lowest BCUT2D eigenvalue weighted by Crippen LogP contribution is -2.50. The fourth-order valence-corrected chi connectivity index (χ4v) is 7.13. The van der Waals surface area contributed by atoms with Crippen molar-refractivity contribution in [1.82, 2.24) is 19.4 Å². The molecule has 194 valence electrons. The van der Waals surface area contributed by atoms with Gasteiger partial charge in [0.25, 0.3) is 5.56 Å². The Bertz CT molecular complexity index is 1330. The lowest BCUT2D eigenvalue weighted by atomic mass is 9.89. The molecule has 4 heterocycles. The smallest absolute Gasteiger partial charge is 0.337 e. The van der Waals surface area contributed by atoms with Gasteiger partial charge in [-0.3, -0.25) is 14.7 Å². The maximum Gasteiger partial charge on any atom is 0.337 e. The van der Waals surface area contributed by atoms with Crippen molar-refractivity contribution in [2.45, 2.75) is 94.8 Å². The fraction of sp³-hybridized carbons (Fsp3) is 0.517. The van der Waals surface area contributed by atoms with E-state index in [4.69, 9.17) is 0 Å². The van der Waals surface area contributed by atoms with E-state index in [1.165, 1.54) is 76.2 Å². The number of nitrogens with zero attached hydrogens (tertiary/aromatic N) is 4. The predicted octanol–water partition coefficient (Wildman–Crippen LogP) is 5.51. The van der Waals surface area contributed by atoms with Crippen molar-refractivity contribution in [3.8, 4) is 0 Å². The second-order valence-corrected chi connectivity index (χ2v) is 10.9. The van der Waals surface area contributed by atoms with E-state index >= 15 is 0 Å². The van der Waals surface area contributed by atoms with Gasteiger partial charge in [-0.1, -0.05) is 44.2 Å². The van der Waals surface area contributed by atoms with Crippen LogP contribution in [0.25, 0.3) is 11.0 Å². The molecule has 2 aliphatic heterocycles. The van der Waals surface area contributed by atoms with Crippen molar-refractivity contribution < 1.29 is 9.90 Å². The van der Waals surface area contributed by atoms with Gasteiger partial charge in [0.15, 0.2) is 5.82 Å². The molecule has 1 saturated carbocycles. The summed E-state index contributed by atoms with van der Waals surface area (Å²) in [6.45, 7) is 0. The maximum atomic E-state index is 13.9. The summed E-state index contributed by atoms with van der Waals surface area (Å²) in [6, 6.07) is 11.0. The minimum Gasteiger partial charge on any atom is -0.478 e. The second kappa shape index (κ2) is 10.2. The summed E-state index contributed by atoms with van der Waals surface area (Å²) < 4.78 is 1.93. The van der Waals surface area contributed by atoms with E-state index in [2.05, 4.69) is 20.2 Å². The second-order valence-electron chi connectivity index (χ2n) is 10.9. The first kappa shape index (κ1) is 24.1. The number of benzene rings is 1. The number of carboxylic acid groups (broad SMARTS) is 1. The Balaban J connectivity index is 1.34. The number of nitrogens with one attached hydrogen (secondary N) is 1. The van der Waals surface area contributed by atoms with Crippen molar-refractivity contribution in [2.75, 3.05) is 5.32 Å². The third-order valence-corrected chi connectivity index (χ3v) is 8.73. The Morgan fingerprint density at radius 2 is 1.59 bits per heavy atom. The van der Waals surface area contributed by atoms with Crippen molar-refractivity contribution in [2.24, 2.45) is 0 Å². The summed E-state index contributed by atoms with van der Waals surface area (Å²) in [7, 11) is 0. The summed E-state index contributed by atoms with van der Waals surface area (Å²) in [5.74, 6) is -0.937. The largest absolute Gasteiger partial charge is 0.478 e. The molecule has 0 radical (unpaired) electrons. The van der Waals surface area contributed by atoms with Gasteiger partial charge in [0, 0.05) is 30.4 Å². The number of aromatic carboxylic acids is 1. The lowest BCUT2D eigenvalue weighted by molar-refractivity contribution is 0.0498. The molecule has 2 N–H and O–H groups in total. The Kier molecular flexibility index (Phi) is 6.67. The number of para-hydroxylation sites is 2. The molecule has 1 aromatic carbocycles. The highest BCUT2D eigenvalue weighted by atomic mass is 16.4. The van der Waals surface area contributed by atoms with E-state index in [1.807, 2.05) is 28.8 Å². The molecular weight excluding hydrogens is 466 g/mol. The van der Waals surface area contributed by atoms with Crippen LogP contribution in [0.4, 0.5) is 11.5 Å². The molecule has 6 rings (SSSR count). The zero-order valence-electron chi connectivity index (χ0n) is 21.2. The minimum absolute atomic E-state index is 0.0569. The van der Waals surface area contributed by atoms with Crippen LogP contribution in [0.2, 0.25) is 0 Å². The van der Waals surface area contributed by atoms with Crippen LogP contribution in [0, 0.1) is 0 Å². The van der Waals surface area contributed by atoms with Gasteiger partial charge in [0.05, 0.1) is 28.5 Å². The van der Waals surface area contributed by atoms with Crippen LogP contribution in [0.3, 0.4) is 0 Å². The minimum atomic E-state index is -1.08. The molecule has 2 aromatic heterocycles. The molecule has 2 bridgehead atoms. The van der Waals surface area contributed by atoms with E-state index in [1.54, 1.807) is 0 Å². The van der Waals surface area contributed by atoms with Gasteiger partial charge < -0.3 is 15.0 Å².